The van der Waals surface area contributed by atoms with E-state index in [1.165, 1.54) is 0 Å². The molecule has 0 aromatic rings. The molecule has 0 saturated carbocycles. The molecule has 2 N–H and O–H groups in total. The topological polar surface area (TPSA) is 26.0 Å². The maximum absolute atomic E-state index is 5.14. The molecule has 0 aromatic carbocycles. The number of nitrogens with two attached hydrogens (primary N) is 1. The highest BCUT2D eigenvalue weighted by Crippen LogP contribution is 1.92. The van der Waals surface area contributed by atoms with Crippen molar-refractivity contribution in [3.8, 4) is 0 Å². The molecule has 1 nitrogen and oxygen atoms in total. The van der Waals surface area contributed by atoms with Crippen LogP contribution >= 0.6 is 0 Å². The van der Waals surface area contributed by atoms with Crippen LogP contribution in [0.25, 0.3) is 0 Å². The van der Waals surface area contributed by atoms with E-state index >= 15 is 0 Å². The highest BCUT2D eigenvalue weighted by Gasteiger charge is 1.72. The second-order valence-corrected chi connectivity index (χ2v) is 1.89. The third-order valence-electron chi connectivity index (χ3n) is 1.04. The van der Waals surface area contributed by atoms with Crippen LogP contribution in [-0.4, -0.2) is 0 Å². The van der Waals surface area contributed by atoms with Crippen LogP contribution in [0.1, 0.15) is 26.2 Å². The Labute approximate surface area is 57.3 Å². The Kier molecular flexibility index (Phi) is 6.70. The first-order valence-corrected chi connectivity index (χ1v) is 3.43. The van der Waals surface area contributed by atoms with Crippen molar-refractivity contribution < 1.29 is 0 Å². The Morgan fingerprint density at radius 1 is 1.11 bits per heavy atom. The van der Waals surface area contributed by atoms with Gasteiger partial charge in [-0.3, -0.25) is 0 Å². The van der Waals surface area contributed by atoms with Crippen molar-refractivity contribution in [2.45, 2.75) is 26.2 Å². The quantitative estimate of drug-likeness (QED) is 0.452. The van der Waals surface area contributed by atoms with Gasteiger partial charge in [0, 0.05) is 0 Å². The van der Waals surface area contributed by atoms with Crippen LogP contribution in [0.15, 0.2) is 24.4 Å². The molecule has 0 heterocycles. The van der Waals surface area contributed by atoms with Crippen molar-refractivity contribution in [2.24, 2.45) is 5.73 Å². The second-order valence-electron chi connectivity index (χ2n) is 1.89. The molecule has 0 aliphatic carbocycles. The molecular weight excluding hydrogens is 110 g/mol. The molecule has 0 aliphatic rings. The molecule has 0 atom stereocenters. The number of unbranched alkanes of at least 4 members (excludes halogenated alkanes) is 1. The molecule has 0 unspecified atom stereocenters. The van der Waals surface area contributed by atoms with Gasteiger partial charge in [-0.05, 0) is 25.5 Å². The van der Waals surface area contributed by atoms with Crippen molar-refractivity contribution in [1.82, 2.24) is 0 Å². The first-order chi connectivity index (χ1) is 4.41. The fraction of sp³-hybridized carbons (Fsp3) is 0.500. The molecule has 0 aliphatic heterocycles. The molecule has 0 rings (SSSR count). The minimum absolute atomic E-state index is 1.06. The molecule has 52 valence electrons. The van der Waals surface area contributed by atoms with Gasteiger partial charge >= 0.3 is 0 Å². The van der Waals surface area contributed by atoms with E-state index < -0.39 is 0 Å². The molecule has 0 aromatic heterocycles. The van der Waals surface area contributed by atoms with Gasteiger partial charge in [0.2, 0.25) is 0 Å². The van der Waals surface area contributed by atoms with Crippen molar-refractivity contribution in [2.75, 3.05) is 0 Å². The van der Waals surface area contributed by atoms with E-state index in [-0.39, 0.29) is 0 Å². The van der Waals surface area contributed by atoms with Crippen LogP contribution in [0.5, 0.6) is 0 Å². The Hall–Kier alpha value is -0.720. The van der Waals surface area contributed by atoms with E-state index in [2.05, 4.69) is 19.1 Å². The van der Waals surface area contributed by atoms with E-state index in [0.29, 0.717) is 0 Å². The summed E-state index contributed by atoms with van der Waals surface area (Å²) in [7, 11) is 0. The van der Waals surface area contributed by atoms with Gasteiger partial charge in [-0.1, -0.05) is 25.2 Å². The first kappa shape index (κ1) is 8.28. The second kappa shape index (κ2) is 7.28. The summed E-state index contributed by atoms with van der Waals surface area (Å²) >= 11 is 0. The molecule has 0 radical (unpaired) electrons. The summed E-state index contributed by atoms with van der Waals surface area (Å²) in [6.07, 6.45) is 11.2. The number of hydrogen-bond donors (Lipinski definition) is 1. The number of rotatable bonds is 4. The monoisotopic (exact) mass is 125 g/mol. The van der Waals surface area contributed by atoms with Gasteiger partial charge in [0.25, 0.3) is 0 Å². The summed E-state index contributed by atoms with van der Waals surface area (Å²) in [6, 6.07) is 0. The molecule has 0 fully saturated rings. The van der Waals surface area contributed by atoms with Gasteiger partial charge in [-0.25, -0.2) is 0 Å². The van der Waals surface area contributed by atoms with Crippen LogP contribution in [0.3, 0.4) is 0 Å². The standard InChI is InChI=1S/C8H15N/c1-2-3-4-5-6-7-8-9/h3-4,7-8H,2,5-6,9H2,1H3/b4-3+,8-7+. The Bertz CT molecular complexity index is 92.7. The smallest absolute Gasteiger partial charge is 0.0103 e. The van der Waals surface area contributed by atoms with Gasteiger partial charge in [-0.2, -0.15) is 0 Å². The first-order valence-electron chi connectivity index (χ1n) is 3.43. The number of allylic oxidation sites excluding steroid dienone is 3. The lowest BCUT2D eigenvalue weighted by Crippen LogP contribution is -1.74. The average Bonchev–Trinajstić information content (AvgIpc) is 1.89. The Balaban J connectivity index is 2.99. The lowest BCUT2D eigenvalue weighted by molar-refractivity contribution is 1.03. The van der Waals surface area contributed by atoms with Gasteiger partial charge in [0.15, 0.2) is 0 Å². The van der Waals surface area contributed by atoms with Gasteiger partial charge in [0.1, 0.15) is 0 Å². The zero-order chi connectivity index (χ0) is 6.95. The van der Waals surface area contributed by atoms with Gasteiger partial charge < -0.3 is 5.73 Å². The minimum Gasteiger partial charge on any atom is -0.405 e. The molecule has 0 bridgehead atoms. The summed E-state index contributed by atoms with van der Waals surface area (Å²) in [4.78, 5) is 0. The van der Waals surface area contributed by atoms with Crippen molar-refractivity contribution in [3.63, 3.8) is 0 Å². The maximum Gasteiger partial charge on any atom is -0.0103 e. The summed E-state index contributed by atoms with van der Waals surface area (Å²) in [5.74, 6) is 0. The van der Waals surface area contributed by atoms with Crippen LogP contribution in [-0.2, 0) is 0 Å². The lowest BCUT2D eigenvalue weighted by atomic mass is 10.3. The molecule has 9 heavy (non-hydrogen) atoms. The van der Waals surface area contributed by atoms with Crippen LogP contribution in [0, 0.1) is 0 Å². The zero-order valence-electron chi connectivity index (χ0n) is 6.01. The fourth-order valence-corrected chi connectivity index (χ4v) is 0.573. The molecular formula is C8H15N. The predicted molar refractivity (Wildman–Crippen MR) is 42.0 cm³/mol. The van der Waals surface area contributed by atoms with Crippen molar-refractivity contribution in [1.29, 1.82) is 0 Å². The normalized spacial score (nSPS) is 11.7. The van der Waals surface area contributed by atoms with Gasteiger partial charge in [-0.15, -0.1) is 0 Å². The fourth-order valence-electron chi connectivity index (χ4n) is 0.573. The maximum atomic E-state index is 5.14. The van der Waals surface area contributed by atoms with Crippen molar-refractivity contribution >= 4 is 0 Å². The molecule has 0 saturated heterocycles. The minimum atomic E-state index is 1.06. The Morgan fingerprint density at radius 2 is 1.78 bits per heavy atom. The summed E-state index contributed by atoms with van der Waals surface area (Å²) < 4.78 is 0. The molecule has 0 amide bonds. The lowest BCUT2D eigenvalue weighted by Gasteiger charge is -1.83. The SMILES string of the molecule is CC/C=C/CC/C=C/N. The summed E-state index contributed by atoms with van der Waals surface area (Å²) in [6.45, 7) is 2.13. The highest BCUT2D eigenvalue weighted by molar-refractivity contribution is 4.85. The van der Waals surface area contributed by atoms with Crippen LogP contribution < -0.4 is 5.73 Å². The van der Waals surface area contributed by atoms with E-state index in [9.17, 15) is 0 Å². The largest absolute Gasteiger partial charge is 0.405 e. The molecule has 0 spiro atoms. The van der Waals surface area contributed by atoms with Crippen molar-refractivity contribution in [3.05, 3.63) is 24.4 Å². The molecule has 1 heteroatoms. The third-order valence-corrected chi connectivity index (χ3v) is 1.04. The van der Waals surface area contributed by atoms with Gasteiger partial charge in [0.05, 0.1) is 0 Å². The Morgan fingerprint density at radius 3 is 2.33 bits per heavy atom. The highest BCUT2D eigenvalue weighted by atomic mass is 14.5. The predicted octanol–water partition coefficient (Wildman–Crippen LogP) is 2.21. The van der Waals surface area contributed by atoms with E-state index in [1.807, 2.05) is 6.08 Å². The van der Waals surface area contributed by atoms with E-state index in [1.54, 1.807) is 6.20 Å². The summed E-state index contributed by atoms with van der Waals surface area (Å²) in [5, 5.41) is 0. The number of hydrogen-bond acceptors (Lipinski definition) is 1. The summed E-state index contributed by atoms with van der Waals surface area (Å²) in [5.41, 5.74) is 5.14. The van der Waals surface area contributed by atoms with E-state index in [0.717, 1.165) is 19.3 Å². The zero-order valence-corrected chi connectivity index (χ0v) is 6.01. The van der Waals surface area contributed by atoms with Crippen LogP contribution in [0.2, 0.25) is 0 Å². The van der Waals surface area contributed by atoms with E-state index in [4.69, 9.17) is 5.73 Å². The van der Waals surface area contributed by atoms with Crippen LogP contribution in [0.4, 0.5) is 0 Å². The third kappa shape index (κ3) is 7.28. The average molecular weight is 125 g/mol.